The van der Waals surface area contributed by atoms with Crippen molar-refractivity contribution in [1.29, 1.82) is 0 Å². The maximum Gasteiger partial charge on any atom is 0.243 e. The van der Waals surface area contributed by atoms with Crippen molar-refractivity contribution >= 4 is 23.2 Å². The molecule has 0 atom stereocenters. The zero-order valence-corrected chi connectivity index (χ0v) is 18.6. The van der Waals surface area contributed by atoms with Crippen molar-refractivity contribution in [3.63, 3.8) is 0 Å². The van der Waals surface area contributed by atoms with Crippen molar-refractivity contribution < 1.29 is 0 Å². The van der Waals surface area contributed by atoms with Crippen LogP contribution in [-0.4, -0.2) is 62.8 Å². The number of hydrogen-bond donors (Lipinski definition) is 1. The zero-order valence-electron chi connectivity index (χ0n) is 18.6. The second-order valence-corrected chi connectivity index (χ2v) is 8.35. The molecule has 4 aromatic rings. The molecule has 1 aliphatic heterocycles. The van der Waals surface area contributed by atoms with Gasteiger partial charge in [-0.05, 0) is 44.0 Å². The van der Waals surface area contributed by atoms with E-state index in [1.54, 1.807) is 6.33 Å². The molecule has 0 spiro atoms. The van der Waals surface area contributed by atoms with E-state index in [4.69, 9.17) is 4.98 Å². The summed E-state index contributed by atoms with van der Waals surface area (Å²) in [4.78, 5) is 22.2. The van der Waals surface area contributed by atoms with E-state index in [-0.39, 0.29) is 0 Å². The van der Waals surface area contributed by atoms with Crippen LogP contribution < -0.4 is 15.1 Å². The van der Waals surface area contributed by atoms with E-state index in [1.807, 2.05) is 61.0 Å². The molecule has 0 aromatic carbocycles. The van der Waals surface area contributed by atoms with E-state index in [2.05, 4.69) is 42.4 Å². The van der Waals surface area contributed by atoms with Gasteiger partial charge < -0.3 is 15.1 Å². The minimum absolute atomic E-state index is 0.330. The lowest BCUT2D eigenvalue weighted by Crippen LogP contribution is -2.39. The van der Waals surface area contributed by atoms with Gasteiger partial charge in [0.05, 0.1) is 0 Å². The number of piperidine rings is 1. The Labute approximate surface area is 187 Å². The Bertz CT molecular complexity index is 1210. The average molecular weight is 430 g/mol. The summed E-state index contributed by atoms with van der Waals surface area (Å²) in [6.45, 7) is 3.88. The molecule has 0 amide bonds. The molecule has 1 fully saturated rings. The van der Waals surface area contributed by atoms with Crippen molar-refractivity contribution in [2.24, 2.45) is 0 Å². The minimum atomic E-state index is 0.330. The highest BCUT2D eigenvalue weighted by molar-refractivity contribution is 5.77. The van der Waals surface area contributed by atoms with Crippen molar-refractivity contribution in [2.75, 3.05) is 42.3 Å². The minimum Gasteiger partial charge on any atom is -0.363 e. The fourth-order valence-corrected chi connectivity index (χ4v) is 4.05. The molecule has 1 saturated heterocycles. The Morgan fingerprint density at radius 1 is 1.06 bits per heavy atom. The smallest absolute Gasteiger partial charge is 0.243 e. The summed E-state index contributed by atoms with van der Waals surface area (Å²) in [6, 6.07) is 10.5. The number of aryl methyl sites for hydroxylation is 1. The second-order valence-electron chi connectivity index (χ2n) is 8.35. The molecule has 0 radical (unpaired) electrons. The number of hydrogen-bond acceptors (Lipinski definition) is 8. The molecular weight excluding hydrogens is 402 g/mol. The highest BCUT2D eigenvalue weighted by Gasteiger charge is 2.22. The SMILES string of the molecule is Cc1cc(N2CCC(Nc3nc4c(-c5ccc(N(C)C)nc5)cccn4n3)CC2)ncn1. The van der Waals surface area contributed by atoms with Crippen LogP contribution >= 0.6 is 0 Å². The Morgan fingerprint density at radius 3 is 2.62 bits per heavy atom. The first-order chi connectivity index (χ1) is 15.6. The highest BCUT2D eigenvalue weighted by Crippen LogP contribution is 2.26. The maximum atomic E-state index is 4.80. The summed E-state index contributed by atoms with van der Waals surface area (Å²) in [5, 5.41) is 8.19. The number of nitrogens with zero attached hydrogens (tertiary/aromatic N) is 8. The van der Waals surface area contributed by atoms with Crippen LogP contribution in [0.15, 0.2) is 49.1 Å². The van der Waals surface area contributed by atoms with E-state index >= 15 is 0 Å². The number of pyridine rings is 2. The zero-order chi connectivity index (χ0) is 22.1. The Balaban J connectivity index is 1.30. The molecule has 32 heavy (non-hydrogen) atoms. The van der Waals surface area contributed by atoms with Gasteiger partial charge in [-0.1, -0.05) is 0 Å². The summed E-state index contributed by atoms with van der Waals surface area (Å²) in [5.41, 5.74) is 3.85. The molecule has 1 aliphatic rings. The normalized spacial score (nSPS) is 14.7. The monoisotopic (exact) mass is 429 g/mol. The van der Waals surface area contributed by atoms with E-state index in [0.717, 1.165) is 60.0 Å². The van der Waals surface area contributed by atoms with Crippen LogP contribution in [0.5, 0.6) is 0 Å². The third-order valence-corrected chi connectivity index (χ3v) is 5.82. The summed E-state index contributed by atoms with van der Waals surface area (Å²) in [6.07, 6.45) is 7.45. The van der Waals surface area contributed by atoms with Gasteiger partial charge in [-0.25, -0.2) is 19.5 Å². The van der Waals surface area contributed by atoms with Gasteiger partial charge in [0.15, 0.2) is 5.65 Å². The second kappa shape index (κ2) is 8.41. The molecule has 9 heteroatoms. The molecule has 0 saturated carbocycles. The number of rotatable bonds is 5. The van der Waals surface area contributed by atoms with Crippen LogP contribution in [0, 0.1) is 6.92 Å². The van der Waals surface area contributed by atoms with Gasteiger partial charge in [0, 0.05) is 68.5 Å². The third kappa shape index (κ3) is 4.05. The van der Waals surface area contributed by atoms with Crippen LogP contribution in [0.25, 0.3) is 16.8 Å². The molecule has 9 nitrogen and oxygen atoms in total. The third-order valence-electron chi connectivity index (χ3n) is 5.82. The number of anilines is 3. The molecule has 164 valence electrons. The van der Waals surface area contributed by atoms with Gasteiger partial charge in [0.2, 0.25) is 5.95 Å². The van der Waals surface area contributed by atoms with Crippen LogP contribution in [0.3, 0.4) is 0 Å². The predicted molar refractivity (Wildman–Crippen MR) is 126 cm³/mol. The standard InChI is InChI=1S/C23H27N9/c1-16-13-21(26-15-25-16)31-11-8-18(9-12-31)27-23-28-22-19(5-4-10-32(22)29-23)17-6-7-20(24-14-17)30(2)3/h4-7,10,13-15,18H,8-9,11-12H2,1-3H3,(H,27,29). The maximum absolute atomic E-state index is 4.80. The Kier molecular flexibility index (Phi) is 5.30. The number of aromatic nitrogens is 6. The Hall–Kier alpha value is -3.75. The van der Waals surface area contributed by atoms with E-state index < -0.39 is 0 Å². The first kappa shape index (κ1) is 20.2. The summed E-state index contributed by atoms with van der Waals surface area (Å²) < 4.78 is 1.83. The summed E-state index contributed by atoms with van der Waals surface area (Å²) in [7, 11) is 3.97. The van der Waals surface area contributed by atoms with E-state index in [9.17, 15) is 0 Å². The van der Waals surface area contributed by atoms with Crippen molar-refractivity contribution in [2.45, 2.75) is 25.8 Å². The van der Waals surface area contributed by atoms with E-state index in [1.165, 1.54) is 0 Å². The van der Waals surface area contributed by atoms with Gasteiger partial charge >= 0.3 is 0 Å². The number of nitrogens with one attached hydrogen (secondary N) is 1. The van der Waals surface area contributed by atoms with Gasteiger partial charge in [-0.3, -0.25) is 0 Å². The molecule has 0 bridgehead atoms. The largest absolute Gasteiger partial charge is 0.363 e. The molecule has 5 heterocycles. The highest BCUT2D eigenvalue weighted by atomic mass is 15.4. The van der Waals surface area contributed by atoms with Gasteiger partial charge in [0.1, 0.15) is 18.0 Å². The predicted octanol–water partition coefficient (Wildman–Crippen LogP) is 3.04. The average Bonchev–Trinajstić information content (AvgIpc) is 3.22. The fraction of sp³-hybridized carbons (Fsp3) is 0.348. The first-order valence-corrected chi connectivity index (χ1v) is 10.9. The first-order valence-electron chi connectivity index (χ1n) is 10.9. The van der Waals surface area contributed by atoms with Crippen LogP contribution in [0.1, 0.15) is 18.5 Å². The molecule has 0 aliphatic carbocycles. The van der Waals surface area contributed by atoms with Gasteiger partial charge in [-0.2, -0.15) is 4.98 Å². The van der Waals surface area contributed by atoms with Crippen LogP contribution in [0.2, 0.25) is 0 Å². The van der Waals surface area contributed by atoms with Crippen molar-refractivity contribution in [3.8, 4) is 11.1 Å². The lowest BCUT2D eigenvalue weighted by atomic mass is 10.1. The van der Waals surface area contributed by atoms with Crippen LogP contribution in [0.4, 0.5) is 17.6 Å². The molecule has 4 aromatic heterocycles. The van der Waals surface area contributed by atoms with E-state index in [0.29, 0.717) is 12.0 Å². The molecule has 0 unspecified atom stereocenters. The van der Waals surface area contributed by atoms with Gasteiger partial charge in [0.25, 0.3) is 0 Å². The van der Waals surface area contributed by atoms with Crippen molar-refractivity contribution in [1.82, 2.24) is 29.5 Å². The van der Waals surface area contributed by atoms with Crippen LogP contribution in [-0.2, 0) is 0 Å². The van der Waals surface area contributed by atoms with Gasteiger partial charge in [-0.15, -0.1) is 5.10 Å². The lowest BCUT2D eigenvalue weighted by molar-refractivity contribution is 0.520. The molecule has 5 rings (SSSR count). The molecular formula is C23H27N9. The topological polar surface area (TPSA) is 87.4 Å². The fourth-order valence-electron chi connectivity index (χ4n) is 4.05. The summed E-state index contributed by atoms with van der Waals surface area (Å²) >= 11 is 0. The summed E-state index contributed by atoms with van der Waals surface area (Å²) in [5.74, 6) is 2.58. The quantitative estimate of drug-likeness (QED) is 0.518. The van der Waals surface area contributed by atoms with Crippen molar-refractivity contribution in [3.05, 3.63) is 54.7 Å². The Morgan fingerprint density at radius 2 is 1.91 bits per heavy atom. The number of fused-ring (bicyclic) bond motifs is 1. The molecule has 1 N–H and O–H groups in total. The lowest BCUT2D eigenvalue weighted by Gasteiger charge is -2.32.